The fourth-order valence-electron chi connectivity index (χ4n) is 2.99. The number of aryl methyl sites for hydroxylation is 1. The number of amides is 1. The van der Waals surface area contributed by atoms with Crippen molar-refractivity contribution >= 4 is 23.7 Å². The highest BCUT2D eigenvalue weighted by Gasteiger charge is 2.10. The zero-order chi connectivity index (χ0) is 28.1. The molecule has 0 bridgehead atoms. The zero-order valence-corrected chi connectivity index (χ0v) is 23.2. The number of allylic oxidation sites excluding steroid dienone is 3. The number of nitrogens with one attached hydrogen (secondary N) is 2. The van der Waals surface area contributed by atoms with Gasteiger partial charge in [-0.15, -0.1) is 0 Å². The molecule has 0 fully saturated rings. The third kappa shape index (κ3) is 12.7. The third-order valence-electron chi connectivity index (χ3n) is 4.86. The largest absolute Gasteiger partial charge is 0.329 e. The summed E-state index contributed by atoms with van der Waals surface area (Å²) < 4.78 is 0. The van der Waals surface area contributed by atoms with Gasteiger partial charge in [0.1, 0.15) is 5.78 Å². The molecule has 2 aromatic rings. The molecule has 6 nitrogen and oxygen atoms in total. The number of Topliss-reactive ketones (excluding diaryl/α,β-unsaturated/α-hetero) is 1. The summed E-state index contributed by atoms with van der Waals surface area (Å²) in [5, 5.41) is 12.1. The first-order valence-electron chi connectivity index (χ1n) is 12.9. The second-order valence-corrected chi connectivity index (χ2v) is 7.76. The van der Waals surface area contributed by atoms with Crippen LogP contribution in [0.5, 0.6) is 0 Å². The van der Waals surface area contributed by atoms with E-state index < -0.39 is 0 Å². The fourth-order valence-corrected chi connectivity index (χ4v) is 2.99. The first-order valence-corrected chi connectivity index (χ1v) is 12.9. The number of nitrogens with zero attached hydrogens (tertiary/aromatic N) is 1. The van der Waals surface area contributed by atoms with Gasteiger partial charge in [0.05, 0.1) is 5.69 Å². The van der Waals surface area contributed by atoms with Gasteiger partial charge in [0, 0.05) is 24.1 Å². The average Bonchev–Trinajstić information content (AvgIpc) is 2.93. The van der Waals surface area contributed by atoms with Crippen LogP contribution in [-0.2, 0) is 16.0 Å². The highest BCUT2D eigenvalue weighted by Crippen LogP contribution is 2.24. The molecular formula is C31H43N3O3. The predicted molar refractivity (Wildman–Crippen MR) is 156 cm³/mol. The molecule has 0 atom stereocenters. The molecule has 0 spiro atoms. The Labute approximate surface area is 222 Å². The standard InChI is InChI=1S/C26H29N3O3.C3H8.C2H6/c1-4-6-7-25(19(3)27-18-30)26(29-32)28-23-15-13-22(14-16-23)21-11-8-20(9-12-21)10-17-24(31)5-2;1-3-2;1-2/h4,6-9,11-16,18,32H,3,5,10,17H2,1-2H3,(H,27,30)(H,28,29);3H2,1-2H3;1-2H3/b6-4-,25-7+;;. The maximum absolute atomic E-state index is 11.5. The van der Waals surface area contributed by atoms with E-state index in [-0.39, 0.29) is 11.6 Å². The minimum atomic E-state index is 0.154. The molecule has 0 radical (unpaired) electrons. The van der Waals surface area contributed by atoms with E-state index in [0.29, 0.717) is 36.2 Å². The van der Waals surface area contributed by atoms with E-state index in [1.54, 1.807) is 12.2 Å². The summed E-state index contributed by atoms with van der Waals surface area (Å²) in [4.78, 5) is 26.7. The maximum atomic E-state index is 11.5. The molecule has 1 amide bonds. The van der Waals surface area contributed by atoms with Crippen LogP contribution in [0.4, 0.5) is 5.69 Å². The van der Waals surface area contributed by atoms with E-state index in [9.17, 15) is 14.8 Å². The molecule has 0 aliphatic rings. The predicted octanol–water partition coefficient (Wildman–Crippen LogP) is 7.48. The van der Waals surface area contributed by atoms with E-state index in [0.717, 1.165) is 23.1 Å². The van der Waals surface area contributed by atoms with E-state index in [1.807, 2.05) is 82.3 Å². The molecule has 0 unspecified atom stereocenters. The van der Waals surface area contributed by atoms with Gasteiger partial charge in [0.2, 0.25) is 6.41 Å². The highest BCUT2D eigenvalue weighted by molar-refractivity contribution is 6.03. The van der Waals surface area contributed by atoms with Gasteiger partial charge in [0.15, 0.2) is 5.84 Å². The summed E-state index contributed by atoms with van der Waals surface area (Å²) in [7, 11) is 0. The van der Waals surface area contributed by atoms with Crippen LogP contribution >= 0.6 is 0 Å². The number of hydrogen-bond donors (Lipinski definition) is 3. The van der Waals surface area contributed by atoms with Gasteiger partial charge in [-0.3, -0.25) is 20.3 Å². The molecule has 3 N–H and O–H groups in total. The van der Waals surface area contributed by atoms with Crippen LogP contribution in [0.3, 0.4) is 0 Å². The van der Waals surface area contributed by atoms with Gasteiger partial charge in [-0.05, 0) is 48.2 Å². The van der Waals surface area contributed by atoms with Crippen molar-refractivity contribution in [3.8, 4) is 11.1 Å². The number of rotatable bonds is 11. The van der Waals surface area contributed by atoms with E-state index >= 15 is 0 Å². The number of carbonyl (C=O) groups excluding carboxylic acids is 2. The molecule has 0 heterocycles. The van der Waals surface area contributed by atoms with Gasteiger partial charge in [-0.2, -0.15) is 0 Å². The molecule has 2 rings (SSSR count). The topological polar surface area (TPSA) is 90.8 Å². The Kier molecular flexibility index (Phi) is 18.3. The first-order chi connectivity index (χ1) is 17.9. The summed E-state index contributed by atoms with van der Waals surface area (Å²) in [6.45, 7) is 15.8. The minimum Gasteiger partial charge on any atom is -0.329 e. The van der Waals surface area contributed by atoms with E-state index in [2.05, 4.69) is 36.2 Å². The van der Waals surface area contributed by atoms with Crippen molar-refractivity contribution in [2.45, 2.75) is 67.2 Å². The molecule has 0 aromatic heterocycles. The Bertz CT molecular complexity index is 1030. The van der Waals surface area contributed by atoms with E-state index in [4.69, 9.17) is 0 Å². The Hall–Kier alpha value is -3.77. The molecule has 6 heteroatoms. The highest BCUT2D eigenvalue weighted by atomic mass is 16.5. The Morgan fingerprint density at radius 2 is 1.54 bits per heavy atom. The molecule has 2 aromatic carbocycles. The van der Waals surface area contributed by atoms with Gasteiger partial charge in [0.25, 0.3) is 0 Å². The summed E-state index contributed by atoms with van der Waals surface area (Å²) in [5.74, 6) is 0.428. The molecule has 0 saturated heterocycles. The lowest BCUT2D eigenvalue weighted by Crippen LogP contribution is -2.26. The number of amidine groups is 1. The van der Waals surface area contributed by atoms with Crippen LogP contribution in [-0.4, -0.2) is 23.2 Å². The third-order valence-corrected chi connectivity index (χ3v) is 4.86. The number of carbonyl (C=O) groups is 2. The van der Waals surface area contributed by atoms with Crippen LogP contribution < -0.4 is 10.8 Å². The Morgan fingerprint density at radius 3 is 2.00 bits per heavy atom. The van der Waals surface area contributed by atoms with Crippen molar-refractivity contribution in [2.24, 2.45) is 4.99 Å². The number of aliphatic imine (C=N–C) groups is 1. The van der Waals surface area contributed by atoms with Crippen LogP contribution in [0.1, 0.15) is 66.4 Å². The van der Waals surface area contributed by atoms with Crippen LogP contribution in [0.2, 0.25) is 0 Å². The lowest BCUT2D eigenvalue weighted by molar-refractivity contribution is -0.118. The minimum absolute atomic E-state index is 0.154. The van der Waals surface area contributed by atoms with Crippen molar-refractivity contribution in [1.82, 2.24) is 10.8 Å². The number of ketones is 1. The summed E-state index contributed by atoms with van der Waals surface area (Å²) in [6, 6.07) is 15.7. The van der Waals surface area contributed by atoms with Crippen molar-refractivity contribution in [3.05, 3.63) is 90.2 Å². The van der Waals surface area contributed by atoms with Crippen LogP contribution in [0, 0.1) is 0 Å². The van der Waals surface area contributed by atoms with Crippen LogP contribution in [0.25, 0.3) is 11.1 Å². The van der Waals surface area contributed by atoms with Gasteiger partial charge in [-0.25, -0.2) is 4.99 Å². The van der Waals surface area contributed by atoms with Crippen molar-refractivity contribution in [2.75, 3.05) is 0 Å². The van der Waals surface area contributed by atoms with E-state index in [1.165, 1.54) is 6.42 Å². The maximum Gasteiger partial charge on any atom is 0.211 e. The molecular weight excluding hydrogens is 462 g/mol. The fraction of sp³-hybridized carbons (Fsp3) is 0.323. The molecule has 37 heavy (non-hydrogen) atoms. The smallest absolute Gasteiger partial charge is 0.211 e. The summed E-state index contributed by atoms with van der Waals surface area (Å²) in [5.41, 5.74) is 6.67. The zero-order valence-electron chi connectivity index (χ0n) is 23.2. The molecule has 0 saturated carbocycles. The lowest BCUT2D eigenvalue weighted by atomic mass is 10.0. The molecule has 0 aliphatic heterocycles. The SMILES string of the molecule is C=C(NC=O)/C(=C\C=C/C)C(=Nc1ccc(-c2ccc(CCC(=O)CC)cc2)cc1)NO.CC.CCC. The second kappa shape index (κ2) is 20.4. The van der Waals surface area contributed by atoms with Gasteiger partial charge < -0.3 is 5.32 Å². The molecule has 200 valence electrons. The second-order valence-electron chi connectivity index (χ2n) is 7.76. The van der Waals surface area contributed by atoms with Gasteiger partial charge >= 0.3 is 0 Å². The molecule has 0 aliphatic carbocycles. The lowest BCUT2D eigenvalue weighted by Gasteiger charge is -2.11. The Balaban J connectivity index is 0.00000241. The number of hydroxylamine groups is 1. The van der Waals surface area contributed by atoms with Crippen molar-refractivity contribution < 1.29 is 14.8 Å². The Morgan fingerprint density at radius 1 is 1.00 bits per heavy atom. The van der Waals surface area contributed by atoms with Gasteiger partial charge in [-0.1, -0.05) is 96.2 Å². The summed E-state index contributed by atoms with van der Waals surface area (Å²) in [6.07, 6.45) is 8.92. The quantitative estimate of drug-likeness (QED) is 0.0970. The van der Waals surface area contributed by atoms with Crippen LogP contribution in [0.15, 0.2) is 89.6 Å². The van der Waals surface area contributed by atoms with Crippen molar-refractivity contribution in [1.29, 1.82) is 0 Å². The number of benzene rings is 2. The van der Waals surface area contributed by atoms with Crippen molar-refractivity contribution in [3.63, 3.8) is 0 Å². The first kappa shape index (κ1) is 33.2. The number of hydrogen-bond acceptors (Lipinski definition) is 4. The normalized spacial score (nSPS) is 11.0. The summed E-state index contributed by atoms with van der Waals surface area (Å²) >= 11 is 0. The average molecular weight is 506 g/mol. The monoisotopic (exact) mass is 505 g/mol.